The standard InChI is InChI=1S/C28H31FO5/c1-18(2)15-32-16-21(17-33-27(30)19(3)4)13-24-8-7-23(14-26(24)29)22-9-11-25(12-10-22)34-28(31)20(5)6/h7-12,14,21H,1,3,5,13,15-17H2,2,4,6H3. The Morgan fingerprint density at radius 3 is 2.06 bits per heavy atom. The van der Waals surface area contributed by atoms with Gasteiger partial charge in [-0.25, -0.2) is 14.0 Å². The molecule has 2 rings (SSSR count). The van der Waals surface area contributed by atoms with E-state index >= 15 is 0 Å². The number of ether oxygens (including phenoxy) is 3. The molecule has 2 aromatic rings. The number of hydrogen-bond donors (Lipinski definition) is 0. The molecule has 6 heteroatoms. The molecule has 2 aromatic carbocycles. The van der Waals surface area contributed by atoms with Gasteiger partial charge in [0.15, 0.2) is 0 Å². The van der Waals surface area contributed by atoms with E-state index in [1.807, 2.05) is 13.0 Å². The van der Waals surface area contributed by atoms with E-state index in [-0.39, 0.29) is 18.3 Å². The third-order valence-electron chi connectivity index (χ3n) is 4.81. The summed E-state index contributed by atoms with van der Waals surface area (Å²) in [5, 5.41) is 0. The van der Waals surface area contributed by atoms with Gasteiger partial charge in [-0.05, 0) is 62.1 Å². The minimum absolute atomic E-state index is 0.0907. The van der Waals surface area contributed by atoms with Crippen LogP contribution in [-0.2, 0) is 25.5 Å². The molecule has 0 N–H and O–H groups in total. The molecule has 0 amide bonds. The first-order chi connectivity index (χ1) is 16.1. The van der Waals surface area contributed by atoms with Crippen LogP contribution in [-0.4, -0.2) is 31.8 Å². The van der Waals surface area contributed by atoms with Crippen LogP contribution in [0, 0.1) is 11.7 Å². The van der Waals surface area contributed by atoms with Gasteiger partial charge in [-0.2, -0.15) is 0 Å². The fourth-order valence-electron chi connectivity index (χ4n) is 3.00. The normalized spacial score (nSPS) is 11.4. The summed E-state index contributed by atoms with van der Waals surface area (Å²) in [5.74, 6) is -1.20. The SMILES string of the molecule is C=C(C)COCC(COC(=O)C(=C)C)Cc1ccc(-c2ccc(OC(=O)C(=C)C)cc2)cc1F. The molecular formula is C28H31FO5. The van der Waals surface area contributed by atoms with Crippen molar-refractivity contribution in [2.45, 2.75) is 27.2 Å². The maximum absolute atomic E-state index is 15.0. The highest BCUT2D eigenvalue weighted by molar-refractivity contribution is 5.88. The van der Waals surface area contributed by atoms with Gasteiger partial charge < -0.3 is 14.2 Å². The predicted molar refractivity (Wildman–Crippen MR) is 131 cm³/mol. The predicted octanol–water partition coefficient (Wildman–Crippen LogP) is 5.84. The highest BCUT2D eigenvalue weighted by Crippen LogP contribution is 2.26. The van der Waals surface area contributed by atoms with Crippen molar-refractivity contribution < 1.29 is 28.2 Å². The van der Waals surface area contributed by atoms with Crippen molar-refractivity contribution in [2.75, 3.05) is 19.8 Å². The van der Waals surface area contributed by atoms with Gasteiger partial charge in [0.1, 0.15) is 11.6 Å². The Kier molecular flexibility index (Phi) is 9.95. The average Bonchev–Trinajstić information content (AvgIpc) is 2.78. The van der Waals surface area contributed by atoms with Crippen molar-refractivity contribution in [3.05, 3.63) is 90.3 Å². The summed E-state index contributed by atoms with van der Waals surface area (Å²) in [6.45, 7) is 16.7. The highest BCUT2D eigenvalue weighted by atomic mass is 19.1. The first-order valence-corrected chi connectivity index (χ1v) is 10.9. The summed E-state index contributed by atoms with van der Waals surface area (Å²) < 4.78 is 31.0. The molecule has 0 heterocycles. The molecule has 0 fully saturated rings. The molecule has 0 aromatic heterocycles. The van der Waals surface area contributed by atoms with Crippen LogP contribution >= 0.6 is 0 Å². The van der Waals surface area contributed by atoms with Gasteiger partial charge in [0.25, 0.3) is 0 Å². The van der Waals surface area contributed by atoms with Gasteiger partial charge in [0.2, 0.25) is 0 Å². The molecule has 1 atom stereocenters. The van der Waals surface area contributed by atoms with Crippen LogP contribution in [0.15, 0.2) is 78.9 Å². The number of esters is 2. The zero-order valence-electron chi connectivity index (χ0n) is 20.0. The van der Waals surface area contributed by atoms with Crippen molar-refractivity contribution in [3.8, 4) is 16.9 Å². The highest BCUT2D eigenvalue weighted by Gasteiger charge is 2.17. The fourth-order valence-corrected chi connectivity index (χ4v) is 3.00. The largest absolute Gasteiger partial charge is 0.462 e. The number of hydrogen-bond acceptors (Lipinski definition) is 5. The maximum atomic E-state index is 15.0. The van der Waals surface area contributed by atoms with Crippen LogP contribution < -0.4 is 4.74 Å². The summed E-state index contributed by atoms with van der Waals surface area (Å²) in [7, 11) is 0. The number of rotatable bonds is 12. The van der Waals surface area contributed by atoms with Gasteiger partial charge in [0.05, 0.1) is 19.8 Å². The molecule has 0 spiro atoms. The zero-order chi connectivity index (χ0) is 25.3. The lowest BCUT2D eigenvalue weighted by Gasteiger charge is -2.18. The molecule has 5 nitrogen and oxygen atoms in total. The Morgan fingerprint density at radius 1 is 0.882 bits per heavy atom. The number of halogens is 1. The second-order valence-corrected chi connectivity index (χ2v) is 8.42. The Labute approximate surface area is 200 Å². The molecular weight excluding hydrogens is 435 g/mol. The Hall–Kier alpha value is -3.51. The van der Waals surface area contributed by atoms with Crippen LogP contribution in [0.5, 0.6) is 5.75 Å². The van der Waals surface area contributed by atoms with Gasteiger partial charge in [-0.15, -0.1) is 0 Å². The number of carbonyl (C=O) groups is 2. The Morgan fingerprint density at radius 2 is 1.50 bits per heavy atom. The van der Waals surface area contributed by atoms with Crippen molar-refractivity contribution in [3.63, 3.8) is 0 Å². The summed E-state index contributed by atoms with van der Waals surface area (Å²) >= 11 is 0. The summed E-state index contributed by atoms with van der Waals surface area (Å²) in [4.78, 5) is 23.4. The van der Waals surface area contributed by atoms with Crippen LogP contribution in [0.25, 0.3) is 11.1 Å². The minimum Gasteiger partial charge on any atom is -0.462 e. The Balaban J connectivity index is 2.11. The van der Waals surface area contributed by atoms with E-state index in [1.54, 1.807) is 44.2 Å². The van der Waals surface area contributed by atoms with E-state index in [0.717, 1.165) is 11.1 Å². The van der Waals surface area contributed by atoms with Crippen molar-refractivity contribution in [1.29, 1.82) is 0 Å². The topological polar surface area (TPSA) is 61.8 Å². The third-order valence-corrected chi connectivity index (χ3v) is 4.81. The lowest BCUT2D eigenvalue weighted by molar-refractivity contribution is -0.140. The van der Waals surface area contributed by atoms with Crippen LogP contribution in [0.4, 0.5) is 4.39 Å². The quantitative estimate of drug-likeness (QED) is 0.170. The van der Waals surface area contributed by atoms with Gasteiger partial charge >= 0.3 is 11.9 Å². The average molecular weight is 467 g/mol. The molecule has 0 saturated carbocycles. The van der Waals surface area contributed by atoms with Crippen LogP contribution in [0.1, 0.15) is 26.3 Å². The fraction of sp³-hybridized carbons (Fsp3) is 0.286. The molecule has 34 heavy (non-hydrogen) atoms. The van der Waals surface area contributed by atoms with Gasteiger partial charge in [-0.1, -0.05) is 49.6 Å². The van der Waals surface area contributed by atoms with Crippen LogP contribution in [0.2, 0.25) is 0 Å². The molecule has 0 saturated heterocycles. The minimum atomic E-state index is -0.501. The molecule has 0 aliphatic rings. The Bertz CT molecular complexity index is 1070. The van der Waals surface area contributed by atoms with E-state index in [2.05, 4.69) is 19.7 Å². The van der Waals surface area contributed by atoms with E-state index in [1.165, 1.54) is 6.07 Å². The molecule has 0 bridgehead atoms. The zero-order valence-corrected chi connectivity index (χ0v) is 20.0. The second-order valence-electron chi connectivity index (χ2n) is 8.42. The van der Waals surface area contributed by atoms with Crippen molar-refractivity contribution in [1.82, 2.24) is 0 Å². The number of carbonyl (C=O) groups excluding carboxylic acids is 2. The number of benzene rings is 2. The van der Waals surface area contributed by atoms with E-state index < -0.39 is 11.9 Å². The summed E-state index contributed by atoms with van der Waals surface area (Å²) in [6, 6.07) is 11.8. The lowest BCUT2D eigenvalue weighted by atomic mass is 9.97. The summed E-state index contributed by atoms with van der Waals surface area (Å²) in [6.07, 6.45) is 0.335. The maximum Gasteiger partial charge on any atom is 0.338 e. The molecule has 0 aliphatic carbocycles. The monoisotopic (exact) mass is 466 g/mol. The first kappa shape index (κ1) is 26.7. The van der Waals surface area contributed by atoms with Crippen LogP contribution in [0.3, 0.4) is 0 Å². The van der Waals surface area contributed by atoms with E-state index in [0.29, 0.717) is 47.7 Å². The summed E-state index contributed by atoms with van der Waals surface area (Å²) in [5.41, 5.74) is 3.43. The molecule has 0 aliphatic heterocycles. The molecule has 1 unspecified atom stereocenters. The van der Waals surface area contributed by atoms with Crippen molar-refractivity contribution in [2.24, 2.45) is 5.92 Å². The van der Waals surface area contributed by atoms with Gasteiger partial charge in [-0.3, -0.25) is 0 Å². The smallest absolute Gasteiger partial charge is 0.338 e. The lowest BCUT2D eigenvalue weighted by Crippen LogP contribution is -2.22. The second kappa shape index (κ2) is 12.7. The molecule has 0 radical (unpaired) electrons. The van der Waals surface area contributed by atoms with E-state index in [9.17, 15) is 14.0 Å². The third kappa shape index (κ3) is 8.45. The first-order valence-electron chi connectivity index (χ1n) is 10.9. The van der Waals surface area contributed by atoms with Crippen molar-refractivity contribution >= 4 is 11.9 Å². The molecule has 180 valence electrons. The van der Waals surface area contributed by atoms with E-state index in [4.69, 9.17) is 14.2 Å². The van der Waals surface area contributed by atoms with Gasteiger partial charge in [0, 0.05) is 17.1 Å².